The average Bonchev–Trinajstić information content (AvgIpc) is 2.42. The molecule has 1 unspecified atom stereocenters. The Morgan fingerprint density at radius 2 is 1.95 bits per heavy atom. The maximum atomic E-state index is 12.1. The summed E-state index contributed by atoms with van der Waals surface area (Å²) in [5.41, 5.74) is 0.791. The lowest BCUT2D eigenvalue weighted by Crippen LogP contribution is -2.26. The maximum Gasteiger partial charge on any atom is 0.411 e. The van der Waals surface area contributed by atoms with E-state index >= 15 is 0 Å². The number of likely N-dealkylation sites (N-methyl/N-ethyl adjacent to an activating group) is 1. The molecule has 1 atom stereocenters. The third kappa shape index (κ3) is 4.01. The summed E-state index contributed by atoms with van der Waals surface area (Å²) in [6.07, 6.45) is -4.31. The van der Waals surface area contributed by atoms with Gasteiger partial charge in [-0.3, -0.25) is 0 Å². The van der Waals surface area contributed by atoms with Gasteiger partial charge in [0.1, 0.15) is 19.8 Å². The number of benzene rings is 1. The molecule has 1 aliphatic heterocycles. The molecular formula is C13H16F3NO3. The summed E-state index contributed by atoms with van der Waals surface area (Å²) in [5, 5.41) is 2.92. The highest BCUT2D eigenvalue weighted by molar-refractivity contribution is 5.44. The van der Waals surface area contributed by atoms with Crippen LogP contribution in [0.25, 0.3) is 0 Å². The zero-order valence-corrected chi connectivity index (χ0v) is 11.0. The lowest BCUT2D eigenvalue weighted by Gasteiger charge is -2.22. The maximum absolute atomic E-state index is 12.1. The standard InChI is InChI=1S/C13H16F3NO3/c1-17-10(7-18-8-13(14,15)16)9-2-3-11-12(6-9)20-5-4-19-11/h2-3,6,10,17H,4-5,7-8H2,1H3. The molecule has 1 aliphatic rings. The Balaban J connectivity index is 2.00. The molecule has 0 radical (unpaired) electrons. The van der Waals surface area contributed by atoms with Crippen LogP contribution in [0.15, 0.2) is 18.2 Å². The van der Waals surface area contributed by atoms with E-state index in [0.29, 0.717) is 24.7 Å². The van der Waals surface area contributed by atoms with Gasteiger partial charge in [0.25, 0.3) is 0 Å². The first-order valence-electron chi connectivity index (χ1n) is 6.21. The van der Waals surface area contributed by atoms with Crippen LogP contribution in [-0.4, -0.2) is 39.7 Å². The Morgan fingerprint density at radius 1 is 1.25 bits per heavy atom. The topological polar surface area (TPSA) is 39.7 Å². The second-order valence-electron chi connectivity index (χ2n) is 4.37. The van der Waals surface area contributed by atoms with Crippen molar-refractivity contribution in [1.29, 1.82) is 0 Å². The fourth-order valence-electron chi connectivity index (χ4n) is 1.92. The molecule has 7 heteroatoms. The van der Waals surface area contributed by atoms with Gasteiger partial charge in [0, 0.05) is 0 Å². The van der Waals surface area contributed by atoms with Gasteiger partial charge in [-0.2, -0.15) is 13.2 Å². The summed E-state index contributed by atoms with van der Waals surface area (Å²) in [6, 6.07) is 4.95. The number of rotatable bonds is 5. The van der Waals surface area contributed by atoms with Gasteiger partial charge in [0.2, 0.25) is 0 Å². The van der Waals surface area contributed by atoms with E-state index in [-0.39, 0.29) is 12.6 Å². The summed E-state index contributed by atoms with van der Waals surface area (Å²) >= 11 is 0. The number of ether oxygens (including phenoxy) is 3. The van der Waals surface area contributed by atoms with Crippen molar-refractivity contribution in [2.24, 2.45) is 0 Å². The van der Waals surface area contributed by atoms with Gasteiger partial charge < -0.3 is 19.5 Å². The summed E-state index contributed by atoms with van der Waals surface area (Å²) in [6.45, 7) is -0.368. The number of nitrogens with one attached hydrogen (secondary N) is 1. The van der Waals surface area contributed by atoms with Gasteiger partial charge in [-0.25, -0.2) is 0 Å². The van der Waals surface area contributed by atoms with Crippen LogP contribution < -0.4 is 14.8 Å². The van der Waals surface area contributed by atoms with Gasteiger partial charge in [0.15, 0.2) is 11.5 Å². The molecule has 0 spiro atoms. The van der Waals surface area contributed by atoms with Crippen molar-refractivity contribution in [2.45, 2.75) is 12.2 Å². The molecule has 0 fully saturated rings. The Hall–Kier alpha value is -1.47. The molecule has 0 bridgehead atoms. The fraction of sp³-hybridized carbons (Fsp3) is 0.538. The van der Waals surface area contributed by atoms with Crippen molar-refractivity contribution in [3.05, 3.63) is 23.8 Å². The highest BCUT2D eigenvalue weighted by atomic mass is 19.4. The van der Waals surface area contributed by atoms with Gasteiger partial charge in [0.05, 0.1) is 12.6 Å². The van der Waals surface area contributed by atoms with Crippen molar-refractivity contribution < 1.29 is 27.4 Å². The van der Waals surface area contributed by atoms with Crippen LogP contribution in [0.3, 0.4) is 0 Å². The molecule has 1 aromatic carbocycles. The monoisotopic (exact) mass is 291 g/mol. The van der Waals surface area contributed by atoms with Crippen LogP contribution in [0.4, 0.5) is 13.2 Å². The molecule has 0 saturated heterocycles. The molecule has 1 aromatic rings. The van der Waals surface area contributed by atoms with Crippen molar-refractivity contribution in [2.75, 3.05) is 33.5 Å². The van der Waals surface area contributed by atoms with E-state index < -0.39 is 12.8 Å². The van der Waals surface area contributed by atoms with Crippen molar-refractivity contribution in [1.82, 2.24) is 5.32 Å². The Kier molecular flexibility index (Phi) is 4.72. The lowest BCUT2D eigenvalue weighted by molar-refractivity contribution is -0.175. The first-order valence-corrected chi connectivity index (χ1v) is 6.21. The molecule has 112 valence electrons. The third-order valence-corrected chi connectivity index (χ3v) is 2.87. The number of halogens is 3. The predicted molar refractivity (Wildman–Crippen MR) is 66.1 cm³/mol. The van der Waals surface area contributed by atoms with Crippen molar-refractivity contribution in [3.8, 4) is 11.5 Å². The lowest BCUT2D eigenvalue weighted by atomic mass is 10.1. The zero-order valence-electron chi connectivity index (χ0n) is 11.0. The van der Waals surface area contributed by atoms with Crippen LogP contribution in [0.2, 0.25) is 0 Å². The van der Waals surface area contributed by atoms with E-state index in [4.69, 9.17) is 14.2 Å². The summed E-state index contributed by atoms with van der Waals surface area (Å²) < 4.78 is 51.7. The van der Waals surface area contributed by atoms with Gasteiger partial charge >= 0.3 is 6.18 Å². The van der Waals surface area contributed by atoms with Crippen LogP contribution in [0.1, 0.15) is 11.6 Å². The van der Waals surface area contributed by atoms with Crippen LogP contribution >= 0.6 is 0 Å². The fourth-order valence-corrected chi connectivity index (χ4v) is 1.92. The van der Waals surface area contributed by atoms with Gasteiger partial charge in [-0.1, -0.05) is 6.07 Å². The molecule has 1 heterocycles. The highest BCUT2D eigenvalue weighted by Crippen LogP contribution is 2.32. The smallest absolute Gasteiger partial charge is 0.411 e. The molecule has 1 N–H and O–H groups in total. The van der Waals surface area contributed by atoms with E-state index in [0.717, 1.165) is 5.56 Å². The average molecular weight is 291 g/mol. The number of hydrogen-bond acceptors (Lipinski definition) is 4. The quantitative estimate of drug-likeness (QED) is 0.903. The van der Waals surface area contributed by atoms with E-state index in [1.807, 2.05) is 0 Å². The van der Waals surface area contributed by atoms with Crippen molar-refractivity contribution >= 4 is 0 Å². The van der Waals surface area contributed by atoms with Gasteiger partial charge in [-0.05, 0) is 24.7 Å². The van der Waals surface area contributed by atoms with E-state index in [2.05, 4.69) is 5.32 Å². The highest BCUT2D eigenvalue weighted by Gasteiger charge is 2.28. The molecule has 4 nitrogen and oxygen atoms in total. The van der Waals surface area contributed by atoms with Crippen molar-refractivity contribution in [3.63, 3.8) is 0 Å². The van der Waals surface area contributed by atoms with E-state index in [1.165, 1.54) is 0 Å². The first-order chi connectivity index (χ1) is 9.49. The SMILES string of the molecule is CNC(COCC(F)(F)F)c1ccc2c(c1)OCCO2. The van der Waals surface area contributed by atoms with E-state index in [1.54, 1.807) is 25.2 Å². The second kappa shape index (κ2) is 6.32. The molecular weight excluding hydrogens is 275 g/mol. The second-order valence-corrected chi connectivity index (χ2v) is 4.37. The number of hydrogen-bond donors (Lipinski definition) is 1. The molecule has 0 aliphatic carbocycles. The van der Waals surface area contributed by atoms with E-state index in [9.17, 15) is 13.2 Å². The minimum atomic E-state index is -4.31. The van der Waals surface area contributed by atoms with Crippen LogP contribution in [-0.2, 0) is 4.74 Å². The Labute approximate surface area is 114 Å². The van der Waals surface area contributed by atoms with Crippen LogP contribution in [0, 0.1) is 0 Å². The number of fused-ring (bicyclic) bond motifs is 1. The molecule has 20 heavy (non-hydrogen) atoms. The first kappa shape index (κ1) is 14.9. The summed E-state index contributed by atoms with van der Waals surface area (Å²) in [7, 11) is 1.67. The molecule has 0 aromatic heterocycles. The minimum Gasteiger partial charge on any atom is -0.486 e. The Bertz CT molecular complexity index is 451. The molecule has 2 rings (SSSR count). The van der Waals surface area contributed by atoms with Crippen LogP contribution in [0.5, 0.6) is 11.5 Å². The normalized spacial score (nSPS) is 16.0. The molecule has 0 amide bonds. The minimum absolute atomic E-state index is 0.0738. The zero-order chi connectivity index (χ0) is 14.6. The summed E-state index contributed by atoms with van der Waals surface area (Å²) in [4.78, 5) is 0. The third-order valence-electron chi connectivity index (χ3n) is 2.87. The largest absolute Gasteiger partial charge is 0.486 e. The van der Waals surface area contributed by atoms with Gasteiger partial charge in [-0.15, -0.1) is 0 Å². The number of alkyl halides is 3. The molecule has 0 saturated carbocycles. The summed E-state index contributed by atoms with van der Waals surface area (Å²) in [5.74, 6) is 1.25. The predicted octanol–water partition coefficient (Wildman–Crippen LogP) is 2.30. The Morgan fingerprint density at radius 3 is 2.60 bits per heavy atom.